The Labute approximate surface area is 171 Å². The van der Waals surface area contributed by atoms with Crippen molar-refractivity contribution in [2.24, 2.45) is 0 Å². The summed E-state index contributed by atoms with van der Waals surface area (Å²) >= 11 is 7.63. The molecule has 0 bridgehead atoms. The lowest BCUT2D eigenvalue weighted by Gasteiger charge is -2.29. The lowest BCUT2D eigenvalue weighted by Crippen LogP contribution is -2.41. The molecule has 1 fully saturated rings. The maximum absolute atomic E-state index is 13.0. The Morgan fingerprint density at radius 1 is 1.25 bits per heavy atom. The summed E-state index contributed by atoms with van der Waals surface area (Å²) in [7, 11) is -3.65. The number of carboxylic acid groups (broad SMARTS) is 1. The second-order valence-corrected chi connectivity index (χ2v) is 10.6. The van der Waals surface area contributed by atoms with Gasteiger partial charge < -0.3 is 15.3 Å². The normalized spacial score (nSPS) is 17.5. The van der Waals surface area contributed by atoms with Crippen LogP contribution in [0.2, 0.25) is 5.15 Å². The van der Waals surface area contributed by atoms with Crippen molar-refractivity contribution in [3.8, 4) is 0 Å². The van der Waals surface area contributed by atoms with Crippen LogP contribution in [0.25, 0.3) is 0 Å². The van der Waals surface area contributed by atoms with Gasteiger partial charge in [0.15, 0.2) is 15.0 Å². The van der Waals surface area contributed by atoms with Crippen molar-refractivity contribution in [1.82, 2.24) is 14.9 Å². The van der Waals surface area contributed by atoms with Crippen LogP contribution < -0.4 is 5.32 Å². The number of carbonyl (C=O) groups is 1. The number of hydrogen-bond donors (Lipinski definition) is 2. The molecular weight excluding hydrogens is 424 g/mol. The van der Waals surface area contributed by atoms with Gasteiger partial charge in [-0.1, -0.05) is 11.6 Å². The highest BCUT2D eigenvalue weighted by Crippen LogP contribution is 2.33. The molecule has 150 valence electrons. The predicted octanol–water partition coefficient (Wildman–Crippen LogP) is 3.34. The molecular formula is C17H19ClN4O4S2. The summed E-state index contributed by atoms with van der Waals surface area (Å²) in [6.45, 7) is 0.404. The van der Waals surface area contributed by atoms with Crippen LogP contribution in [0, 0.1) is 0 Å². The number of aromatic nitrogens is 2. The standard InChI is InChI=1S/C17H19ClN4O4S2/c18-14-8-11(28(25,26)10-4-6-22(7-5-10)17(23)24)9-15(20-14)21-16-19-12-2-1-3-13(12)27-16/h8-10H,1-7H2,(H,23,24)(H,19,20,21). The highest BCUT2D eigenvalue weighted by atomic mass is 35.5. The van der Waals surface area contributed by atoms with Crippen LogP contribution in [-0.2, 0) is 22.7 Å². The number of rotatable bonds is 4. The average molecular weight is 443 g/mol. The van der Waals surface area contributed by atoms with Gasteiger partial charge in [0.2, 0.25) is 0 Å². The third kappa shape index (κ3) is 3.81. The van der Waals surface area contributed by atoms with Gasteiger partial charge in [0.25, 0.3) is 0 Å². The fraction of sp³-hybridized carbons (Fsp3) is 0.471. The van der Waals surface area contributed by atoms with Crippen molar-refractivity contribution in [3.63, 3.8) is 0 Å². The second-order valence-electron chi connectivity index (χ2n) is 6.89. The molecule has 1 amide bonds. The number of aryl methyl sites for hydroxylation is 2. The van der Waals surface area contributed by atoms with E-state index >= 15 is 0 Å². The number of likely N-dealkylation sites (tertiary alicyclic amines) is 1. The lowest BCUT2D eigenvalue weighted by molar-refractivity contribution is 0.136. The third-order valence-corrected chi connectivity index (χ3v) is 8.59. The number of amides is 1. The van der Waals surface area contributed by atoms with E-state index in [4.69, 9.17) is 16.7 Å². The molecule has 4 rings (SSSR count). The fourth-order valence-corrected chi connectivity index (χ4v) is 6.70. The number of fused-ring (bicyclic) bond motifs is 1. The van der Waals surface area contributed by atoms with Crippen molar-refractivity contribution in [1.29, 1.82) is 0 Å². The SMILES string of the molecule is O=C(O)N1CCC(S(=O)(=O)c2cc(Cl)nc(Nc3nc4c(s3)CCC4)c2)CC1. The zero-order valence-electron chi connectivity index (χ0n) is 14.9. The van der Waals surface area contributed by atoms with Gasteiger partial charge in [-0.25, -0.2) is 23.2 Å². The molecule has 0 radical (unpaired) electrons. The molecule has 0 aromatic carbocycles. The Balaban J connectivity index is 1.55. The van der Waals surface area contributed by atoms with Crippen LogP contribution in [0.15, 0.2) is 17.0 Å². The van der Waals surface area contributed by atoms with Gasteiger partial charge in [-0.3, -0.25) is 0 Å². The van der Waals surface area contributed by atoms with Gasteiger partial charge in [-0.2, -0.15) is 0 Å². The van der Waals surface area contributed by atoms with Gasteiger partial charge in [-0.15, -0.1) is 11.3 Å². The first-order valence-corrected chi connectivity index (χ1v) is 11.7. The molecule has 0 atom stereocenters. The first-order valence-electron chi connectivity index (χ1n) is 8.98. The lowest BCUT2D eigenvalue weighted by atomic mass is 10.1. The number of piperidine rings is 1. The first-order chi connectivity index (χ1) is 13.3. The van der Waals surface area contributed by atoms with E-state index in [-0.39, 0.29) is 36.0 Å². The number of nitrogens with zero attached hydrogens (tertiary/aromatic N) is 3. The van der Waals surface area contributed by atoms with Gasteiger partial charge in [0, 0.05) is 18.0 Å². The largest absolute Gasteiger partial charge is 0.465 e. The maximum atomic E-state index is 13.0. The Hall–Kier alpha value is -1.91. The van der Waals surface area contributed by atoms with Crippen LogP contribution in [0.5, 0.6) is 0 Å². The molecule has 0 unspecified atom stereocenters. The van der Waals surface area contributed by atoms with E-state index in [1.807, 2.05) is 0 Å². The van der Waals surface area contributed by atoms with Crippen molar-refractivity contribution >= 4 is 49.8 Å². The summed E-state index contributed by atoms with van der Waals surface area (Å²) in [6, 6.07) is 2.81. The van der Waals surface area contributed by atoms with Crippen LogP contribution >= 0.6 is 22.9 Å². The molecule has 1 aliphatic carbocycles. The zero-order valence-corrected chi connectivity index (χ0v) is 17.3. The zero-order chi connectivity index (χ0) is 19.9. The third-order valence-electron chi connectivity index (χ3n) is 5.08. The molecule has 2 N–H and O–H groups in total. The molecule has 0 saturated carbocycles. The Kier molecular flexibility index (Phi) is 5.19. The molecule has 8 nitrogen and oxygen atoms in total. The topological polar surface area (TPSA) is 112 Å². The average Bonchev–Trinajstić information content (AvgIpc) is 3.23. The number of sulfone groups is 1. The minimum atomic E-state index is -3.65. The maximum Gasteiger partial charge on any atom is 0.407 e. The number of nitrogens with one attached hydrogen (secondary N) is 1. The van der Waals surface area contributed by atoms with Crippen molar-refractivity contribution in [2.45, 2.75) is 42.2 Å². The van der Waals surface area contributed by atoms with Crippen LogP contribution in [-0.4, -0.2) is 52.8 Å². The number of halogens is 1. The van der Waals surface area contributed by atoms with E-state index in [1.165, 1.54) is 21.9 Å². The van der Waals surface area contributed by atoms with E-state index in [9.17, 15) is 13.2 Å². The van der Waals surface area contributed by atoms with E-state index in [0.717, 1.165) is 25.0 Å². The first kappa shape index (κ1) is 19.4. The Morgan fingerprint density at radius 3 is 2.68 bits per heavy atom. The molecule has 1 saturated heterocycles. The van der Waals surface area contributed by atoms with Crippen LogP contribution in [0.1, 0.15) is 29.8 Å². The van der Waals surface area contributed by atoms with E-state index in [2.05, 4.69) is 15.3 Å². The van der Waals surface area contributed by atoms with Crippen molar-refractivity contribution in [2.75, 3.05) is 18.4 Å². The predicted molar refractivity (Wildman–Crippen MR) is 106 cm³/mol. The van der Waals surface area contributed by atoms with Crippen LogP contribution in [0.4, 0.5) is 15.7 Å². The highest BCUT2D eigenvalue weighted by molar-refractivity contribution is 7.92. The number of hydrogen-bond acceptors (Lipinski definition) is 7. The molecule has 2 aliphatic rings. The Bertz CT molecular complexity index is 995. The molecule has 0 spiro atoms. The number of pyridine rings is 1. The Morgan fingerprint density at radius 2 is 2.00 bits per heavy atom. The summed E-state index contributed by atoms with van der Waals surface area (Å²) in [6.07, 6.45) is 2.60. The summed E-state index contributed by atoms with van der Waals surface area (Å²) in [5.74, 6) is 0.335. The smallest absolute Gasteiger partial charge is 0.407 e. The second kappa shape index (κ2) is 7.49. The van der Waals surface area contributed by atoms with Crippen LogP contribution in [0.3, 0.4) is 0 Å². The molecule has 11 heteroatoms. The summed E-state index contributed by atoms with van der Waals surface area (Å²) in [4.78, 5) is 22.3. The highest BCUT2D eigenvalue weighted by Gasteiger charge is 2.33. The summed E-state index contributed by atoms with van der Waals surface area (Å²) in [5.41, 5.74) is 1.09. The van der Waals surface area contributed by atoms with Crippen molar-refractivity contribution < 1.29 is 18.3 Å². The van der Waals surface area contributed by atoms with E-state index in [0.29, 0.717) is 10.9 Å². The van der Waals surface area contributed by atoms with Gasteiger partial charge in [0.05, 0.1) is 15.8 Å². The van der Waals surface area contributed by atoms with Crippen molar-refractivity contribution in [3.05, 3.63) is 27.9 Å². The minimum absolute atomic E-state index is 0.0793. The molecule has 3 heterocycles. The molecule has 28 heavy (non-hydrogen) atoms. The van der Waals surface area contributed by atoms with E-state index in [1.54, 1.807) is 11.3 Å². The van der Waals surface area contributed by atoms with E-state index < -0.39 is 21.2 Å². The number of thiazole rings is 1. The van der Waals surface area contributed by atoms with Gasteiger partial charge in [0.1, 0.15) is 11.0 Å². The molecule has 1 aliphatic heterocycles. The minimum Gasteiger partial charge on any atom is -0.465 e. The molecule has 2 aromatic rings. The fourth-order valence-electron chi connectivity index (χ4n) is 3.60. The molecule has 2 aromatic heterocycles. The number of anilines is 2. The van der Waals surface area contributed by atoms with Gasteiger partial charge >= 0.3 is 6.09 Å². The summed E-state index contributed by atoms with van der Waals surface area (Å²) in [5, 5.41) is 12.2. The summed E-state index contributed by atoms with van der Waals surface area (Å²) < 4.78 is 26.1. The monoisotopic (exact) mass is 442 g/mol. The quantitative estimate of drug-likeness (QED) is 0.698. The van der Waals surface area contributed by atoms with Gasteiger partial charge in [-0.05, 0) is 44.2 Å².